The summed E-state index contributed by atoms with van der Waals surface area (Å²) in [5.74, 6) is 0.617. The van der Waals surface area contributed by atoms with E-state index in [1.165, 1.54) is 24.2 Å². The molecule has 2 aromatic heterocycles. The first kappa shape index (κ1) is 18.5. The third-order valence-corrected chi connectivity index (χ3v) is 6.48. The minimum Gasteiger partial charge on any atom is -0.324 e. The number of anilines is 2. The molecule has 2 aliphatic rings. The van der Waals surface area contributed by atoms with Crippen LogP contribution in [-0.2, 0) is 13.0 Å². The molecule has 1 fully saturated rings. The summed E-state index contributed by atoms with van der Waals surface area (Å²) in [4.78, 5) is 14.3. The highest BCUT2D eigenvalue weighted by Crippen LogP contribution is 2.28. The number of hydrogen-bond acceptors (Lipinski definition) is 6. The predicted octanol–water partition coefficient (Wildman–Crippen LogP) is 3.44. The van der Waals surface area contributed by atoms with Crippen LogP contribution < -0.4 is 5.32 Å². The van der Waals surface area contributed by atoms with Crippen molar-refractivity contribution in [3.05, 3.63) is 66.1 Å². The fourth-order valence-electron chi connectivity index (χ4n) is 4.66. The molecule has 0 spiro atoms. The van der Waals surface area contributed by atoms with E-state index < -0.39 is 0 Å². The highest BCUT2D eigenvalue weighted by molar-refractivity contribution is 5.84. The molecule has 156 valence electrons. The average molecular weight is 412 g/mol. The van der Waals surface area contributed by atoms with Gasteiger partial charge in [0.1, 0.15) is 0 Å². The maximum absolute atomic E-state index is 4.75. The van der Waals surface area contributed by atoms with Crippen molar-refractivity contribution in [2.24, 2.45) is 0 Å². The molecule has 0 bridgehead atoms. The van der Waals surface area contributed by atoms with E-state index in [1.807, 2.05) is 24.7 Å². The number of aromatic nitrogens is 4. The number of H-pyrrole nitrogens is 1. The van der Waals surface area contributed by atoms with E-state index in [-0.39, 0.29) is 0 Å². The minimum absolute atomic E-state index is 0.617. The van der Waals surface area contributed by atoms with E-state index in [2.05, 4.69) is 67.7 Å². The molecule has 2 N–H and O–H groups in total. The van der Waals surface area contributed by atoms with Crippen molar-refractivity contribution in [1.29, 1.82) is 0 Å². The van der Waals surface area contributed by atoms with Gasteiger partial charge in [-0.1, -0.05) is 18.2 Å². The number of benzene rings is 2. The number of fused-ring (bicyclic) bond motifs is 2. The van der Waals surface area contributed by atoms with Crippen LogP contribution >= 0.6 is 0 Å². The molecule has 0 amide bonds. The first-order chi connectivity index (χ1) is 15.2. The summed E-state index contributed by atoms with van der Waals surface area (Å²) < 4.78 is 0. The Morgan fingerprint density at radius 2 is 1.97 bits per heavy atom. The lowest BCUT2D eigenvalue weighted by molar-refractivity contribution is 0.0435. The predicted molar refractivity (Wildman–Crippen MR) is 122 cm³/mol. The molecular weight excluding hydrogens is 386 g/mol. The van der Waals surface area contributed by atoms with Crippen molar-refractivity contribution in [3.8, 4) is 11.1 Å². The minimum atomic E-state index is 0.617. The first-order valence-corrected chi connectivity index (χ1v) is 10.8. The summed E-state index contributed by atoms with van der Waals surface area (Å²) >= 11 is 0. The molecule has 7 nitrogen and oxygen atoms in total. The Labute approximate surface area is 181 Å². The van der Waals surface area contributed by atoms with Gasteiger partial charge in [0.25, 0.3) is 0 Å². The van der Waals surface area contributed by atoms with Crippen molar-refractivity contribution in [3.63, 3.8) is 0 Å². The summed E-state index contributed by atoms with van der Waals surface area (Å²) in [7, 11) is 2.19. The molecule has 1 saturated heterocycles. The van der Waals surface area contributed by atoms with Crippen LogP contribution in [0.4, 0.5) is 11.6 Å². The number of hydrogen-bond donors (Lipinski definition) is 2. The molecular formula is C24H25N7. The van der Waals surface area contributed by atoms with E-state index >= 15 is 0 Å². The molecule has 0 aliphatic carbocycles. The Bertz CT molecular complexity index is 1230. The molecule has 0 unspecified atom stereocenters. The SMILES string of the molecule is CN1CC(N2CCc3cc(Nc4ncc5ccc(-c6cn[nH]c6)cc5n4)ccc3C2)C1. The molecule has 0 radical (unpaired) electrons. The third kappa shape index (κ3) is 3.56. The number of likely N-dealkylation sites (tertiary alicyclic amines) is 1. The molecule has 6 rings (SSSR count). The fourth-order valence-corrected chi connectivity index (χ4v) is 4.66. The second-order valence-corrected chi connectivity index (χ2v) is 8.66. The molecule has 2 aromatic carbocycles. The van der Waals surface area contributed by atoms with Crippen molar-refractivity contribution in [1.82, 2.24) is 30.0 Å². The molecule has 2 aliphatic heterocycles. The zero-order valence-electron chi connectivity index (χ0n) is 17.5. The largest absolute Gasteiger partial charge is 0.324 e. The summed E-state index contributed by atoms with van der Waals surface area (Å²) in [6, 6.07) is 13.6. The normalized spacial score (nSPS) is 17.5. The molecule has 4 heterocycles. The van der Waals surface area contributed by atoms with E-state index in [0.717, 1.165) is 47.2 Å². The van der Waals surface area contributed by atoms with Gasteiger partial charge in [-0.15, -0.1) is 0 Å². The first-order valence-electron chi connectivity index (χ1n) is 10.8. The third-order valence-electron chi connectivity index (χ3n) is 6.48. The zero-order chi connectivity index (χ0) is 20.8. The van der Waals surface area contributed by atoms with E-state index in [0.29, 0.717) is 12.0 Å². The van der Waals surface area contributed by atoms with Gasteiger partial charge in [-0.25, -0.2) is 9.97 Å². The van der Waals surface area contributed by atoms with Crippen molar-refractivity contribution in [2.75, 3.05) is 32.0 Å². The second kappa shape index (κ2) is 7.44. The van der Waals surface area contributed by atoms with Crippen LogP contribution in [0.15, 0.2) is 55.0 Å². The number of likely N-dealkylation sites (N-methyl/N-ethyl adjacent to an activating group) is 1. The fraction of sp³-hybridized carbons (Fsp3) is 0.292. The van der Waals surface area contributed by atoms with Gasteiger partial charge in [0.15, 0.2) is 0 Å². The lowest BCUT2D eigenvalue weighted by Gasteiger charge is -2.45. The van der Waals surface area contributed by atoms with Crippen LogP contribution in [0.2, 0.25) is 0 Å². The van der Waals surface area contributed by atoms with E-state index in [9.17, 15) is 0 Å². The Hall–Kier alpha value is -3.29. The molecule has 4 aromatic rings. The van der Waals surface area contributed by atoms with Crippen molar-refractivity contribution < 1.29 is 0 Å². The molecule has 31 heavy (non-hydrogen) atoms. The van der Waals surface area contributed by atoms with E-state index in [1.54, 1.807) is 0 Å². The summed E-state index contributed by atoms with van der Waals surface area (Å²) in [6.45, 7) is 4.57. The van der Waals surface area contributed by atoms with Crippen LogP contribution in [0.5, 0.6) is 0 Å². The van der Waals surface area contributed by atoms with Gasteiger partial charge >= 0.3 is 0 Å². The second-order valence-electron chi connectivity index (χ2n) is 8.66. The highest BCUT2D eigenvalue weighted by Gasteiger charge is 2.31. The van der Waals surface area contributed by atoms with Crippen molar-refractivity contribution >= 4 is 22.5 Å². The molecule has 0 atom stereocenters. The van der Waals surface area contributed by atoms with Gasteiger partial charge in [-0.2, -0.15) is 5.10 Å². The Balaban J connectivity index is 1.21. The number of nitrogens with zero attached hydrogens (tertiary/aromatic N) is 5. The Morgan fingerprint density at radius 1 is 1.03 bits per heavy atom. The van der Waals surface area contributed by atoms with Gasteiger partial charge in [-0.3, -0.25) is 10.00 Å². The summed E-state index contributed by atoms with van der Waals surface area (Å²) in [5, 5.41) is 11.3. The van der Waals surface area contributed by atoms with Crippen LogP contribution in [0.1, 0.15) is 11.1 Å². The van der Waals surface area contributed by atoms with Gasteiger partial charge in [0.05, 0.1) is 11.7 Å². The van der Waals surface area contributed by atoms with Crippen LogP contribution in [0.3, 0.4) is 0 Å². The monoisotopic (exact) mass is 411 g/mol. The average Bonchev–Trinajstić information content (AvgIpc) is 3.31. The van der Waals surface area contributed by atoms with Gasteiger partial charge < -0.3 is 10.2 Å². The lowest BCUT2D eigenvalue weighted by Crippen LogP contribution is -2.58. The lowest BCUT2D eigenvalue weighted by atomic mass is 9.96. The number of aromatic amines is 1. The van der Waals surface area contributed by atoms with Crippen LogP contribution in [0.25, 0.3) is 22.0 Å². The number of nitrogens with one attached hydrogen (secondary N) is 2. The molecule has 7 heteroatoms. The quantitative estimate of drug-likeness (QED) is 0.536. The van der Waals surface area contributed by atoms with Gasteiger partial charge in [-0.05, 0) is 48.4 Å². The summed E-state index contributed by atoms with van der Waals surface area (Å²) in [5.41, 5.74) is 6.96. The topological polar surface area (TPSA) is 73.0 Å². The summed E-state index contributed by atoms with van der Waals surface area (Å²) in [6.07, 6.45) is 6.67. The van der Waals surface area contributed by atoms with Crippen molar-refractivity contribution in [2.45, 2.75) is 19.0 Å². The van der Waals surface area contributed by atoms with E-state index in [4.69, 9.17) is 4.98 Å². The smallest absolute Gasteiger partial charge is 0.227 e. The maximum atomic E-state index is 4.75. The number of rotatable bonds is 4. The highest BCUT2D eigenvalue weighted by atomic mass is 15.3. The van der Waals surface area contributed by atoms with Gasteiger partial charge in [0, 0.05) is 61.3 Å². The van der Waals surface area contributed by atoms with Crippen LogP contribution in [-0.4, -0.2) is 62.7 Å². The van der Waals surface area contributed by atoms with Gasteiger partial charge in [0.2, 0.25) is 5.95 Å². The molecule has 0 saturated carbocycles. The van der Waals surface area contributed by atoms with Crippen LogP contribution in [0, 0.1) is 0 Å². The standard InChI is InChI=1S/C24H25N7/c1-30-14-22(15-30)31-7-6-17-8-21(5-4-19(17)13-31)28-24-25-10-18-3-2-16(9-23(18)29-24)20-11-26-27-12-20/h2-5,8-12,22H,6-7,13-15H2,1H3,(H,26,27)(H,25,28,29). The Morgan fingerprint density at radius 3 is 2.81 bits per heavy atom. The Kier molecular flexibility index (Phi) is 4.44. The maximum Gasteiger partial charge on any atom is 0.227 e. The zero-order valence-corrected chi connectivity index (χ0v) is 17.5.